The number of ether oxygens (including phenoxy) is 2. The Hall–Kier alpha value is -4.14. The summed E-state index contributed by atoms with van der Waals surface area (Å²) in [6.07, 6.45) is 0. The number of carbonyl (C=O) groups is 2. The number of anilines is 2. The van der Waals surface area contributed by atoms with Gasteiger partial charge in [-0.3, -0.25) is 14.4 Å². The molecule has 0 aliphatic carbocycles. The van der Waals surface area contributed by atoms with Gasteiger partial charge in [0.05, 0.1) is 19.9 Å². The molecule has 2 amide bonds. The standard InChI is InChI=1S/C22H22N4O5/c1-14(27)23-15-5-4-6-16(11-15)24-21(28)13-26-22(29)10-9-19(25-26)18-8-7-17(30-2)12-20(18)31-3/h4-12H,13H2,1-3H3,(H,23,27)(H,24,28). The van der Waals surface area contributed by atoms with Gasteiger partial charge in [-0.25, -0.2) is 4.68 Å². The molecule has 1 heterocycles. The lowest BCUT2D eigenvalue weighted by Gasteiger charge is -2.12. The SMILES string of the molecule is COc1ccc(-c2ccc(=O)n(CC(=O)Nc3cccc(NC(C)=O)c3)n2)c(OC)c1. The Bertz CT molecular complexity index is 1170. The zero-order chi connectivity index (χ0) is 22.4. The van der Waals surface area contributed by atoms with Gasteiger partial charge in [0.25, 0.3) is 5.56 Å². The van der Waals surface area contributed by atoms with Crippen molar-refractivity contribution in [1.29, 1.82) is 0 Å². The van der Waals surface area contributed by atoms with Crippen LogP contribution in [-0.4, -0.2) is 35.8 Å². The molecule has 0 radical (unpaired) electrons. The number of amides is 2. The maximum Gasteiger partial charge on any atom is 0.267 e. The summed E-state index contributed by atoms with van der Waals surface area (Å²) in [5.74, 6) is 0.490. The molecule has 2 N–H and O–H groups in total. The van der Waals surface area contributed by atoms with Gasteiger partial charge in [0.2, 0.25) is 11.8 Å². The molecular formula is C22H22N4O5. The first-order chi connectivity index (χ1) is 14.9. The van der Waals surface area contributed by atoms with Crippen LogP contribution in [0.15, 0.2) is 59.4 Å². The molecule has 0 aliphatic heterocycles. The van der Waals surface area contributed by atoms with Gasteiger partial charge in [-0.1, -0.05) is 6.07 Å². The number of benzene rings is 2. The van der Waals surface area contributed by atoms with Crippen molar-refractivity contribution < 1.29 is 19.1 Å². The highest BCUT2D eigenvalue weighted by Gasteiger charge is 2.13. The van der Waals surface area contributed by atoms with E-state index in [9.17, 15) is 14.4 Å². The lowest BCUT2D eigenvalue weighted by molar-refractivity contribution is -0.117. The summed E-state index contributed by atoms with van der Waals surface area (Å²) in [7, 11) is 3.08. The van der Waals surface area contributed by atoms with Crippen molar-refractivity contribution in [3.63, 3.8) is 0 Å². The second kappa shape index (κ2) is 9.57. The van der Waals surface area contributed by atoms with Crippen LogP contribution in [0.4, 0.5) is 11.4 Å². The number of carbonyl (C=O) groups excluding carboxylic acids is 2. The summed E-state index contributed by atoms with van der Waals surface area (Å²) < 4.78 is 11.7. The van der Waals surface area contributed by atoms with E-state index in [-0.39, 0.29) is 12.5 Å². The zero-order valence-electron chi connectivity index (χ0n) is 17.3. The Morgan fingerprint density at radius 2 is 1.71 bits per heavy atom. The van der Waals surface area contributed by atoms with E-state index in [0.717, 1.165) is 4.68 Å². The monoisotopic (exact) mass is 422 g/mol. The summed E-state index contributed by atoms with van der Waals surface area (Å²) in [6.45, 7) is 1.11. The molecule has 0 fully saturated rings. The first-order valence-corrected chi connectivity index (χ1v) is 9.37. The Morgan fingerprint density at radius 1 is 0.968 bits per heavy atom. The van der Waals surface area contributed by atoms with Gasteiger partial charge in [0.1, 0.15) is 18.0 Å². The lowest BCUT2D eigenvalue weighted by Crippen LogP contribution is -2.29. The maximum absolute atomic E-state index is 12.5. The number of nitrogens with zero attached hydrogens (tertiary/aromatic N) is 2. The number of aromatic nitrogens is 2. The van der Waals surface area contributed by atoms with Crippen molar-refractivity contribution in [3.8, 4) is 22.8 Å². The third kappa shape index (κ3) is 5.47. The normalized spacial score (nSPS) is 10.3. The van der Waals surface area contributed by atoms with Crippen molar-refractivity contribution >= 4 is 23.2 Å². The molecule has 160 valence electrons. The van der Waals surface area contributed by atoms with Crippen molar-refractivity contribution in [2.75, 3.05) is 24.9 Å². The molecule has 0 spiro atoms. The highest BCUT2D eigenvalue weighted by Crippen LogP contribution is 2.31. The third-order valence-corrected chi connectivity index (χ3v) is 4.31. The summed E-state index contributed by atoms with van der Waals surface area (Å²) in [5.41, 5.74) is 1.74. The second-order valence-electron chi connectivity index (χ2n) is 6.59. The van der Waals surface area contributed by atoms with Gasteiger partial charge >= 0.3 is 0 Å². The Labute approximate surface area is 178 Å². The van der Waals surface area contributed by atoms with Gasteiger partial charge in [0, 0.05) is 36.0 Å². The van der Waals surface area contributed by atoms with E-state index in [0.29, 0.717) is 34.1 Å². The fourth-order valence-corrected chi connectivity index (χ4v) is 2.93. The van der Waals surface area contributed by atoms with Crippen LogP contribution < -0.4 is 25.7 Å². The van der Waals surface area contributed by atoms with Crippen molar-refractivity contribution in [3.05, 3.63) is 65.0 Å². The van der Waals surface area contributed by atoms with Gasteiger partial charge in [-0.05, 0) is 36.4 Å². The Morgan fingerprint density at radius 3 is 2.39 bits per heavy atom. The van der Waals surface area contributed by atoms with Crippen molar-refractivity contribution in [2.24, 2.45) is 0 Å². The molecule has 0 aliphatic rings. The van der Waals surface area contributed by atoms with Gasteiger partial charge in [-0.2, -0.15) is 5.10 Å². The topological polar surface area (TPSA) is 112 Å². The quantitative estimate of drug-likeness (QED) is 0.605. The van der Waals surface area contributed by atoms with E-state index in [2.05, 4.69) is 15.7 Å². The average Bonchev–Trinajstić information content (AvgIpc) is 2.74. The molecular weight excluding hydrogens is 400 g/mol. The van der Waals surface area contributed by atoms with E-state index >= 15 is 0 Å². The molecule has 2 aromatic carbocycles. The summed E-state index contributed by atoms with van der Waals surface area (Å²) in [5, 5.41) is 9.65. The Balaban J connectivity index is 1.81. The van der Waals surface area contributed by atoms with E-state index in [1.165, 1.54) is 20.1 Å². The van der Waals surface area contributed by atoms with E-state index in [1.807, 2.05) is 0 Å². The zero-order valence-corrected chi connectivity index (χ0v) is 17.3. The highest BCUT2D eigenvalue weighted by molar-refractivity contribution is 5.93. The molecule has 0 saturated carbocycles. The van der Waals surface area contributed by atoms with Crippen molar-refractivity contribution in [2.45, 2.75) is 13.5 Å². The minimum Gasteiger partial charge on any atom is -0.497 e. The van der Waals surface area contributed by atoms with E-state index in [4.69, 9.17) is 9.47 Å². The van der Waals surface area contributed by atoms with Crippen LogP contribution in [-0.2, 0) is 16.1 Å². The molecule has 3 aromatic rings. The second-order valence-corrected chi connectivity index (χ2v) is 6.59. The predicted octanol–water partition coefficient (Wildman–Crippen LogP) is 2.52. The predicted molar refractivity (Wildman–Crippen MR) is 116 cm³/mol. The van der Waals surface area contributed by atoms with Crippen molar-refractivity contribution in [1.82, 2.24) is 9.78 Å². The summed E-state index contributed by atoms with van der Waals surface area (Å²) >= 11 is 0. The molecule has 3 rings (SSSR count). The molecule has 0 bridgehead atoms. The smallest absolute Gasteiger partial charge is 0.267 e. The summed E-state index contributed by atoms with van der Waals surface area (Å²) in [6, 6.07) is 14.8. The third-order valence-electron chi connectivity index (χ3n) is 4.31. The van der Waals surface area contributed by atoms with Gasteiger partial charge in [-0.15, -0.1) is 0 Å². The molecule has 31 heavy (non-hydrogen) atoms. The van der Waals surface area contributed by atoms with E-state index in [1.54, 1.807) is 55.6 Å². The van der Waals surface area contributed by atoms with Crippen LogP contribution in [0, 0.1) is 0 Å². The average molecular weight is 422 g/mol. The van der Waals surface area contributed by atoms with Gasteiger partial charge < -0.3 is 20.1 Å². The fourth-order valence-electron chi connectivity index (χ4n) is 2.93. The van der Waals surface area contributed by atoms with Gasteiger partial charge in [0.15, 0.2) is 0 Å². The molecule has 0 atom stereocenters. The van der Waals surface area contributed by atoms with Crippen LogP contribution in [0.5, 0.6) is 11.5 Å². The molecule has 1 aromatic heterocycles. The molecule has 9 heteroatoms. The molecule has 0 saturated heterocycles. The molecule has 9 nitrogen and oxygen atoms in total. The number of hydrogen-bond donors (Lipinski definition) is 2. The van der Waals surface area contributed by atoms with Crippen LogP contribution >= 0.6 is 0 Å². The summed E-state index contributed by atoms with van der Waals surface area (Å²) in [4.78, 5) is 35.9. The maximum atomic E-state index is 12.5. The number of methoxy groups -OCH3 is 2. The Kier molecular flexibility index (Phi) is 6.66. The largest absolute Gasteiger partial charge is 0.497 e. The lowest BCUT2D eigenvalue weighted by atomic mass is 10.1. The van der Waals surface area contributed by atoms with Crippen LogP contribution in [0.1, 0.15) is 6.92 Å². The first kappa shape index (κ1) is 21.6. The van der Waals surface area contributed by atoms with Crippen LogP contribution in [0.3, 0.4) is 0 Å². The molecule has 0 unspecified atom stereocenters. The van der Waals surface area contributed by atoms with E-state index < -0.39 is 11.5 Å². The number of hydrogen-bond acceptors (Lipinski definition) is 6. The number of nitrogens with one attached hydrogen (secondary N) is 2. The minimum atomic E-state index is -0.437. The minimum absolute atomic E-state index is 0.218. The first-order valence-electron chi connectivity index (χ1n) is 9.37. The fraction of sp³-hybridized carbons (Fsp3) is 0.182. The van der Waals surface area contributed by atoms with Crippen LogP contribution in [0.25, 0.3) is 11.3 Å². The number of rotatable bonds is 7. The highest BCUT2D eigenvalue weighted by atomic mass is 16.5. The van der Waals surface area contributed by atoms with Crippen LogP contribution in [0.2, 0.25) is 0 Å².